The lowest BCUT2D eigenvalue weighted by Gasteiger charge is -2.16. The minimum Gasteiger partial charge on any atom is -0.488 e. The van der Waals surface area contributed by atoms with Crippen LogP contribution in [0.25, 0.3) is 11.5 Å². The van der Waals surface area contributed by atoms with Gasteiger partial charge in [0.1, 0.15) is 23.3 Å². The molecule has 8 heteroatoms. The highest BCUT2D eigenvalue weighted by Gasteiger charge is 2.29. The summed E-state index contributed by atoms with van der Waals surface area (Å²) < 4.78 is 16.0. The highest BCUT2D eigenvalue weighted by Crippen LogP contribution is 2.22. The van der Waals surface area contributed by atoms with E-state index in [-0.39, 0.29) is 12.0 Å². The largest absolute Gasteiger partial charge is 0.488 e. The van der Waals surface area contributed by atoms with Crippen LogP contribution in [0.1, 0.15) is 22.7 Å². The second kappa shape index (κ2) is 6.55. The summed E-state index contributed by atoms with van der Waals surface area (Å²) in [6.07, 6.45) is 2.07. The lowest BCUT2D eigenvalue weighted by Crippen LogP contribution is -2.31. The van der Waals surface area contributed by atoms with Gasteiger partial charge in [-0.15, -0.1) is 0 Å². The summed E-state index contributed by atoms with van der Waals surface area (Å²) in [5.41, 5.74) is 0.526. The highest BCUT2D eigenvalue weighted by atomic mass is 16.5. The first-order valence-corrected chi connectivity index (χ1v) is 8.25. The van der Waals surface area contributed by atoms with Crippen molar-refractivity contribution < 1.29 is 18.4 Å². The number of nitrogens with zero attached hydrogens (tertiary/aromatic N) is 2. The molecule has 1 atom stereocenters. The van der Waals surface area contributed by atoms with E-state index >= 15 is 0 Å². The van der Waals surface area contributed by atoms with Crippen molar-refractivity contribution in [3.63, 3.8) is 0 Å². The van der Waals surface area contributed by atoms with Crippen LogP contribution < -0.4 is 10.4 Å². The second-order valence-corrected chi connectivity index (χ2v) is 6.15. The van der Waals surface area contributed by atoms with E-state index in [2.05, 4.69) is 10.2 Å². The quantitative estimate of drug-likeness (QED) is 0.770. The van der Waals surface area contributed by atoms with E-state index in [0.29, 0.717) is 48.2 Å². The summed E-state index contributed by atoms with van der Waals surface area (Å²) in [5, 5.41) is 6.89. The number of nitrogens with one attached hydrogen (secondary N) is 1. The first-order valence-electron chi connectivity index (χ1n) is 8.25. The Morgan fingerprint density at radius 2 is 2.27 bits per heavy atom. The van der Waals surface area contributed by atoms with Crippen LogP contribution in [0.4, 0.5) is 0 Å². The van der Waals surface area contributed by atoms with Gasteiger partial charge in [0.05, 0.1) is 18.9 Å². The summed E-state index contributed by atoms with van der Waals surface area (Å²) in [7, 11) is 0. The van der Waals surface area contributed by atoms with Gasteiger partial charge in [0.25, 0.3) is 5.91 Å². The molecule has 0 bridgehead atoms. The number of carbonyl (C=O) groups excluding carboxylic acids is 1. The van der Waals surface area contributed by atoms with E-state index in [1.54, 1.807) is 42.4 Å². The van der Waals surface area contributed by atoms with Gasteiger partial charge in [-0.3, -0.25) is 9.89 Å². The Hall–Kier alpha value is -3.29. The third-order valence-corrected chi connectivity index (χ3v) is 4.19. The van der Waals surface area contributed by atoms with Gasteiger partial charge in [0.15, 0.2) is 11.5 Å². The fourth-order valence-corrected chi connectivity index (χ4v) is 3.00. The molecule has 0 radical (unpaired) electrons. The summed E-state index contributed by atoms with van der Waals surface area (Å²) in [6.45, 7) is 2.68. The number of hydrogen-bond donors (Lipinski definition) is 1. The maximum atomic E-state index is 12.6. The van der Waals surface area contributed by atoms with Gasteiger partial charge in [-0.05, 0) is 19.1 Å². The highest BCUT2D eigenvalue weighted by molar-refractivity contribution is 5.93. The van der Waals surface area contributed by atoms with Crippen molar-refractivity contribution >= 4 is 5.91 Å². The number of aromatic nitrogens is 2. The van der Waals surface area contributed by atoms with Crippen LogP contribution in [-0.2, 0) is 0 Å². The van der Waals surface area contributed by atoms with Crippen molar-refractivity contribution in [1.82, 2.24) is 15.1 Å². The minimum absolute atomic E-state index is 0.172. The number of aryl methyl sites for hydroxylation is 1. The van der Waals surface area contributed by atoms with E-state index < -0.39 is 5.63 Å². The third kappa shape index (κ3) is 3.26. The van der Waals surface area contributed by atoms with E-state index in [1.165, 1.54) is 6.07 Å². The molecule has 8 nitrogen and oxygen atoms in total. The van der Waals surface area contributed by atoms with Crippen molar-refractivity contribution in [3.05, 3.63) is 58.5 Å². The molecule has 3 aromatic heterocycles. The molecule has 1 fully saturated rings. The topological polar surface area (TPSA) is 102 Å². The lowest BCUT2D eigenvalue weighted by atomic mass is 10.3. The maximum absolute atomic E-state index is 12.6. The van der Waals surface area contributed by atoms with Crippen LogP contribution in [0.3, 0.4) is 0 Å². The zero-order chi connectivity index (χ0) is 18.1. The van der Waals surface area contributed by atoms with Gasteiger partial charge in [-0.25, -0.2) is 4.79 Å². The molecule has 4 rings (SSSR count). The Morgan fingerprint density at radius 1 is 1.38 bits per heavy atom. The van der Waals surface area contributed by atoms with Gasteiger partial charge in [-0.1, -0.05) is 0 Å². The number of H-pyrrole nitrogens is 1. The number of furan rings is 1. The van der Waals surface area contributed by atoms with Crippen LogP contribution in [0.2, 0.25) is 0 Å². The molecule has 134 valence electrons. The Morgan fingerprint density at radius 3 is 3.04 bits per heavy atom. The number of carbonyl (C=O) groups is 1. The SMILES string of the molecule is Cc1cc(OC2CCN(C(=O)c3cc(-c4ccco4)[nH]n3)C2)cc(=O)o1. The van der Waals surface area contributed by atoms with E-state index in [0.717, 1.165) is 0 Å². The Labute approximate surface area is 148 Å². The predicted molar refractivity (Wildman–Crippen MR) is 90.9 cm³/mol. The van der Waals surface area contributed by atoms with Crippen molar-refractivity contribution in [2.24, 2.45) is 0 Å². The molecule has 1 saturated heterocycles. The number of rotatable bonds is 4. The van der Waals surface area contributed by atoms with Crippen molar-refractivity contribution in [2.75, 3.05) is 13.1 Å². The molecule has 0 aliphatic carbocycles. The molecular weight excluding hydrogens is 338 g/mol. The Balaban J connectivity index is 1.42. The fourth-order valence-electron chi connectivity index (χ4n) is 3.00. The monoisotopic (exact) mass is 355 g/mol. The number of ether oxygens (including phenoxy) is 1. The summed E-state index contributed by atoms with van der Waals surface area (Å²) in [5.74, 6) is 1.39. The van der Waals surface area contributed by atoms with Crippen LogP contribution in [0.5, 0.6) is 5.75 Å². The first kappa shape index (κ1) is 16.2. The molecule has 0 spiro atoms. The fraction of sp³-hybridized carbons (Fsp3) is 0.278. The van der Waals surface area contributed by atoms with Crippen molar-refractivity contribution in [3.8, 4) is 17.2 Å². The molecule has 1 aliphatic heterocycles. The molecule has 3 aromatic rings. The number of aromatic amines is 1. The molecule has 1 aliphatic rings. The summed E-state index contributed by atoms with van der Waals surface area (Å²) >= 11 is 0. The van der Waals surface area contributed by atoms with E-state index in [9.17, 15) is 9.59 Å². The molecule has 0 aromatic carbocycles. The van der Waals surface area contributed by atoms with Gasteiger partial charge >= 0.3 is 5.63 Å². The van der Waals surface area contributed by atoms with Gasteiger partial charge in [0, 0.05) is 25.1 Å². The van der Waals surface area contributed by atoms with Gasteiger partial charge in [0.2, 0.25) is 0 Å². The second-order valence-electron chi connectivity index (χ2n) is 6.15. The zero-order valence-electron chi connectivity index (χ0n) is 14.1. The predicted octanol–water partition coefficient (Wildman–Crippen LogP) is 2.22. The Kier molecular flexibility index (Phi) is 4.08. The van der Waals surface area contributed by atoms with Crippen LogP contribution in [0, 0.1) is 6.92 Å². The standard InChI is InChI=1S/C18H17N3O5/c1-11-7-13(8-17(22)25-11)26-12-4-5-21(10-12)18(23)15-9-14(19-20-15)16-3-2-6-24-16/h2-3,6-9,12H,4-5,10H2,1H3,(H,19,20). The van der Waals surface area contributed by atoms with Crippen LogP contribution in [-0.4, -0.2) is 40.2 Å². The molecule has 26 heavy (non-hydrogen) atoms. The number of hydrogen-bond acceptors (Lipinski definition) is 6. The van der Waals surface area contributed by atoms with Crippen LogP contribution in [0.15, 0.2) is 50.2 Å². The van der Waals surface area contributed by atoms with Crippen LogP contribution >= 0.6 is 0 Å². The molecule has 1 N–H and O–H groups in total. The van der Waals surface area contributed by atoms with Gasteiger partial charge in [-0.2, -0.15) is 5.10 Å². The summed E-state index contributed by atoms with van der Waals surface area (Å²) in [6, 6.07) is 8.20. The van der Waals surface area contributed by atoms with Crippen molar-refractivity contribution in [2.45, 2.75) is 19.4 Å². The normalized spacial score (nSPS) is 16.8. The maximum Gasteiger partial charge on any atom is 0.339 e. The molecule has 1 unspecified atom stereocenters. The minimum atomic E-state index is -0.451. The van der Waals surface area contributed by atoms with E-state index in [4.69, 9.17) is 13.6 Å². The summed E-state index contributed by atoms with van der Waals surface area (Å²) in [4.78, 5) is 25.7. The van der Waals surface area contributed by atoms with Gasteiger partial charge < -0.3 is 18.5 Å². The Bertz CT molecular complexity index is 973. The average Bonchev–Trinajstić information content (AvgIpc) is 3.34. The first-order chi connectivity index (χ1) is 12.6. The average molecular weight is 355 g/mol. The van der Waals surface area contributed by atoms with E-state index in [1.807, 2.05) is 0 Å². The lowest BCUT2D eigenvalue weighted by molar-refractivity contribution is 0.0766. The number of amides is 1. The number of likely N-dealkylation sites (tertiary alicyclic amines) is 1. The molecule has 0 saturated carbocycles. The molecular formula is C18H17N3O5. The molecule has 1 amide bonds. The zero-order valence-corrected chi connectivity index (χ0v) is 14.1. The smallest absolute Gasteiger partial charge is 0.339 e. The molecule has 4 heterocycles. The van der Waals surface area contributed by atoms with Crippen molar-refractivity contribution in [1.29, 1.82) is 0 Å². The third-order valence-electron chi connectivity index (χ3n) is 4.19.